The molecule has 0 aliphatic rings. The van der Waals surface area contributed by atoms with Crippen LogP contribution in [0.2, 0.25) is 0 Å². The van der Waals surface area contributed by atoms with E-state index in [1.165, 1.54) is 0 Å². The van der Waals surface area contributed by atoms with Gasteiger partial charge in [0.15, 0.2) is 15.8 Å². The van der Waals surface area contributed by atoms with Crippen LogP contribution in [0.15, 0.2) is 35.3 Å². The molecule has 9 heteroatoms. The smallest absolute Gasteiger partial charge is 0.357 e. The lowest BCUT2D eigenvalue weighted by molar-refractivity contribution is -0.132. The molecule has 0 saturated heterocycles. The molecule has 0 aromatic heterocycles. The highest BCUT2D eigenvalue weighted by Gasteiger charge is 2.26. The molecule has 0 aliphatic carbocycles. The van der Waals surface area contributed by atoms with E-state index in [0.717, 1.165) is 5.56 Å². The number of rotatable bonds is 9. The molecule has 0 radical (unpaired) electrons. The van der Waals surface area contributed by atoms with Crippen molar-refractivity contribution < 1.29 is 21.6 Å². The molecule has 1 aromatic rings. The van der Waals surface area contributed by atoms with Gasteiger partial charge in [0.05, 0.1) is 17.9 Å². The van der Waals surface area contributed by atoms with E-state index in [9.17, 15) is 21.6 Å². The highest BCUT2D eigenvalue weighted by molar-refractivity contribution is 7.90. The van der Waals surface area contributed by atoms with Crippen LogP contribution >= 0.6 is 0 Å². The maximum Gasteiger partial charge on any atom is 0.390 e. The van der Waals surface area contributed by atoms with E-state index < -0.39 is 22.4 Å². The standard InChI is InChI=1S/C16H24F3N3O2S/c1-2-20-15(22-11-9-16(17,18)19)21-10-6-12-25(23,24)13-14-7-4-3-5-8-14/h3-5,7-8H,2,6,9-13H2,1H3,(H2,20,21,22). The van der Waals surface area contributed by atoms with Crippen molar-refractivity contribution in [2.75, 3.05) is 25.4 Å². The Labute approximate surface area is 146 Å². The second kappa shape index (κ2) is 10.3. The Morgan fingerprint density at radius 3 is 2.44 bits per heavy atom. The van der Waals surface area contributed by atoms with E-state index in [1.807, 2.05) is 6.07 Å². The molecule has 0 amide bonds. The lowest BCUT2D eigenvalue weighted by atomic mass is 10.2. The molecule has 0 bridgehead atoms. The fourth-order valence-corrected chi connectivity index (χ4v) is 3.45. The quantitative estimate of drug-likeness (QED) is 0.393. The van der Waals surface area contributed by atoms with E-state index in [1.54, 1.807) is 31.2 Å². The SMILES string of the molecule is CCNC(=NCCCS(=O)(=O)Cc1ccccc1)NCCC(F)(F)F. The van der Waals surface area contributed by atoms with E-state index >= 15 is 0 Å². The molecule has 1 aromatic carbocycles. The summed E-state index contributed by atoms with van der Waals surface area (Å²) in [6.07, 6.45) is -4.87. The molecule has 0 spiro atoms. The number of guanidine groups is 1. The molecule has 0 saturated carbocycles. The first-order chi connectivity index (χ1) is 11.7. The minimum absolute atomic E-state index is 0.0205. The van der Waals surface area contributed by atoms with Gasteiger partial charge in [0.2, 0.25) is 0 Å². The fraction of sp³-hybridized carbons (Fsp3) is 0.562. The van der Waals surface area contributed by atoms with Crippen molar-refractivity contribution in [2.24, 2.45) is 4.99 Å². The lowest BCUT2D eigenvalue weighted by Crippen LogP contribution is -2.39. The number of aliphatic imine (C=N–C) groups is 1. The van der Waals surface area contributed by atoms with E-state index in [4.69, 9.17) is 0 Å². The summed E-state index contributed by atoms with van der Waals surface area (Å²) in [6, 6.07) is 8.89. The van der Waals surface area contributed by atoms with Gasteiger partial charge in [0.25, 0.3) is 0 Å². The normalized spacial score (nSPS) is 12.9. The van der Waals surface area contributed by atoms with Crippen molar-refractivity contribution in [3.8, 4) is 0 Å². The van der Waals surface area contributed by atoms with Crippen LogP contribution in [0.4, 0.5) is 13.2 Å². The molecule has 0 heterocycles. The van der Waals surface area contributed by atoms with Crippen LogP contribution in [-0.4, -0.2) is 45.9 Å². The highest BCUT2D eigenvalue weighted by Crippen LogP contribution is 2.18. The topological polar surface area (TPSA) is 70.6 Å². The maximum absolute atomic E-state index is 12.1. The summed E-state index contributed by atoms with van der Waals surface area (Å²) in [4.78, 5) is 4.11. The predicted octanol–water partition coefficient (Wildman–Crippen LogP) is 2.50. The van der Waals surface area contributed by atoms with Crippen LogP contribution in [0.25, 0.3) is 0 Å². The van der Waals surface area contributed by atoms with Gasteiger partial charge >= 0.3 is 6.18 Å². The number of sulfone groups is 1. The van der Waals surface area contributed by atoms with Gasteiger partial charge in [-0.3, -0.25) is 4.99 Å². The maximum atomic E-state index is 12.1. The van der Waals surface area contributed by atoms with Crippen LogP contribution in [-0.2, 0) is 15.6 Å². The minimum Gasteiger partial charge on any atom is -0.357 e. The Morgan fingerprint density at radius 1 is 1.16 bits per heavy atom. The van der Waals surface area contributed by atoms with Crippen molar-refractivity contribution in [3.63, 3.8) is 0 Å². The molecule has 142 valence electrons. The third kappa shape index (κ3) is 10.6. The van der Waals surface area contributed by atoms with Crippen molar-refractivity contribution in [1.29, 1.82) is 0 Å². The average molecular weight is 379 g/mol. The molecule has 1 rings (SSSR count). The fourth-order valence-electron chi connectivity index (χ4n) is 2.04. The summed E-state index contributed by atoms with van der Waals surface area (Å²) in [5.41, 5.74) is 0.730. The van der Waals surface area contributed by atoms with E-state index in [0.29, 0.717) is 13.0 Å². The van der Waals surface area contributed by atoms with E-state index in [-0.39, 0.29) is 30.6 Å². The summed E-state index contributed by atoms with van der Waals surface area (Å²) < 4.78 is 60.5. The van der Waals surface area contributed by atoms with Crippen molar-refractivity contribution in [1.82, 2.24) is 10.6 Å². The Hall–Kier alpha value is -1.77. The third-order valence-corrected chi connectivity index (χ3v) is 4.84. The molecule has 0 unspecified atom stereocenters. The molecule has 25 heavy (non-hydrogen) atoms. The molecular weight excluding hydrogens is 355 g/mol. The number of alkyl halides is 3. The van der Waals surface area contributed by atoms with Gasteiger partial charge in [-0.1, -0.05) is 30.3 Å². The van der Waals surface area contributed by atoms with Crippen LogP contribution in [0.1, 0.15) is 25.3 Å². The molecular formula is C16H24F3N3O2S. The van der Waals surface area contributed by atoms with Crippen molar-refractivity contribution in [3.05, 3.63) is 35.9 Å². The molecule has 0 atom stereocenters. The van der Waals surface area contributed by atoms with E-state index in [2.05, 4.69) is 15.6 Å². The minimum atomic E-state index is -4.23. The Kier molecular flexibility index (Phi) is 8.74. The summed E-state index contributed by atoms with van der Waals surface area (Å²) in [5.74, 6) is 0.210. The Morgan fingerprint density at radius 2 is 1.84 bits per heavy atom. The van der Waals surface area contributed by atoms with Crippen LogP contribution in [0.3, 0.4) is 0 Å². The van der Waals surface area contributed by atoms with Gasteiger partial charge in [0.1, 0.15) is 0 Å². The predicted molar refractivity (Wildman–Crippen MR) is 93.2 cm³/mol. The summed E-state index contributed by atoms with van der Waals surface area (Å²) in [7, 11) is -3.24. The van der Waals surface area contributed by atoms with Gasteiger partial charge in [-0.15, -0.1) is 0 Å². The first-order valence-electron chi connectivity index (χ1n) is 8.05. The Balaban J connectivity index is 2.41. The number of hydrogen-bond donors (Lipinski definition) is 2. The van der Waals surface area contributed by atoms with Crippen molar-refractivity contribution >= 4 is 15.8 Å². The molecule has 2 N–H and O–H groups in total. The van der Waals surface area contributed by atoms with Gasteiger partial charge in [-0.2, -0.15) is 13.2 Å². The lowest BCUT2D eigenvalue weighted by Gasteiger charge is -2.12. The second-order valence-electron chi connectivity index (χ2n) is 5.48. The summed E-state index contributed by atoms with van der Waals surface area (Å²) >= 11 is 0. The van der Waals surface area contributed by atoms with Crippen LogP contribution < -0.4 is 10.6 Å². The first-order valence-corrected chi connectivity index (χ1v) is 9.87. The zero-order chi connectivity index (χ0) is 18.8. The third-order valence-electron chi connectivity index (χ3n) is 3.16. The molecule has 5 nitrogen and oxygen atoms in total. The molecule has 0 aliphatic heterocycles. The number of nitrogens with zero attached hydrogens (tertiary/aromatic N) is 1. The average Bonchev–Trinajstić information content (AvgIpc) is 2.51. The van der Waals surface area contributed by atoms with Gasteiger partial charge in [0, 0.05) is 19.6 Å². The highest BCUT2D eigenvalue weighted by atomic mass is 32.2. The van der Waals surface area contributed by atoms with Gasteiger partial charge < -0.3 is 10.6 Å². The Bertz CT molecular complexity index is 632. The zero-order valence-electron chi connectivity index (χ0n) is 14.1. The largest absolute Gasteiger partial charge is 0.390 e. The van der Waals surface area contributed by atoms with Crippen LogP contribution in [0, 0.1) is 0 Å². The van der Waals surface area contributed by atoms with Gasteiger partial charge in [-0.25, -0.2) is 8.42 Å². The number of benzene rings is 1. The summed E-state index contributed by atoms with van der Waals surface area (Å²) in [5, 5.41) is 5.41. The number of hydrogen-bond acceptors (Lipinski definition) is 3. The first kappa shape index (κ1) is 21.3. The number of halogens is 3. The summed E-state index contributed by atoms with van der Waals surface area (Å²) in [6.45, 7) is 2.24. The zero-order valence-corrected chi connectivity index (χ0v) is 15.0. The van der Waals surface area contributed by atoms with Gasteiger partial charge in [-0.05, 0) is 18.9 Å². The number of nitrogens with one attached hydrogen (secondary N) is 2. The molecule has 0 fully saturated rings. The second-order valence-corrected chi connectivity index (χ2v) is 7.67. The van der Waals surface area contributed by atoms with Crippen LogP contribution in [0.5, 0.6) is 0 Å². The monoisotopic (exact) mass is 379 g/mol. The van der Waals surface area contributed by atoms with Crippen molar-refractivity contribution in [2.45, 2.75) is 31.7 Å².